The molecule has 2 atom stereocenters. The maximum absolute atomic E-state index is 5.96. The standard InChI is InChI=1S/C21H21ClN6/c1-14-23-7-6-20(26-14)27-10-16-12-28(13-17(16)11-27)21-9-24-19(8-25-21)15-2-4-18(22)5-3-15/h2-9,16-17H,10-13H2,1H3. The van der Waals surface area contributed by atoms with Crippen molar-refractivity contribution in [1.82, 2.24) is 19.9 Å². The molecule has 2 aromatic heterocycles. The van der Waals surface area contributed by atoms with E-state index in [1.54, 1.807) is 0 Å². The Kier molecular flexibility index (Phi) is 4.36. The first-order valence-corrected chi connectivity index (χ1v) is 9.91. The Labute approximate surface area is 169 Å². The van der Waals surface area contributed by atoms with Crippen LogP contribution in [0, 0.1) is 18.8 Å². The molecule has 0 spiro atoms. The number of rotatable bonds is 3. The van der Waals surface area contributed by atoms with Crippen LogP contribution in [0.15, 0.2) is 48.9 Å². The molecule has 3 aromatic rings. The molecular weight excluding hydrogens is 372 g/mol. The molecular formula is C21H21ClN6. The SMILES string of the molecule is Cc1nccc(N2CC3CN(c4cnc(-c5ccc(Cl)cc5)cn4)CC3C2)n1. The number of hydrogen-bond donors (Lipinski definition) is 0. The molecule has 2 saturated heterocycles. The number of nitrogens with zero attached hydrogens (tertiary/aromatic N) is 6. The topological polar surface area (TPSA) is 58.0 Å². The van der Waals surface area contributed by atoms with Crippen LogP contribution in [0.5, 0.6) is 0 Å². The number of aromatic nitrogens is 4. The van der Waals surface area contributed by atoms with Crippen molar-refractivity contribution in [1.29, 1.82) is 0 Å². The Morgan fingerprint density at radius 3 is 2.11 bits per heavy atom. The maximum atomic E-state index is 5.96. The average molecular weight is 393 g/mol. The van der Waals surface area contributed by atoms with Crippen LogP contribution >= 0.6 is 11.6 Å². The molecule has 1 aromatic carbocycles. The highest BCUT2D eigenvalue weighted by Crippen LogP contribution is 2.35. The fourth-order valence-electron chi connectivity index (χ4n) is 4.24. The molecule has 0 saturated carbocycles. The lowest BCUT2D eigenvalue weighted by Gasteiger charge is -2.23. The highest BCUT2D eigenvalue weighted by Gasteiger charge is 2.41. The summed E-state index contributed by atoms with van der Waals surface area (Å²) in [6.07, 6.45) is 5.58. The summed E-state index contributed by atoms with van der Waals surface area (Å²) in [6.45, 7) is 6.04. The van der Waals surface area contributed by atoms with Gasteiger partial charge in [0.25, 0.3) is 0 Å². The molecule has 6 nitrogen and oxygen atoms in total. The molecule has 0 N–H and O–H groups in total. The smallest absolute Gasteiger partial charge is 0.147 e. The third kappa shape index (κ3) is 3.29. The fraction of sp³-hybridized carbons (Fsp3) is 0.333. The van der Waals surface area contributed by atoms with Gasteiger partial charge in [0.2, 0.25) is 0 Å². The minimum atomic E-state index is 0.632. The van der Waals surface area contributed by atoms with Crippen molar-refractivity contribution < 1.29 is 0 Å². The Balaban J connectivity index is 1.26. The highest BCUT2D eigenvalue weighted by atomic mass is 35.5. The van der Waals surface area contributed by atoms with Gasteiger partial charge < -0.3 is 9.80 Å². The van der Waals surface area contributed by atoms with Gasteiger partial charge in [-0.3, -0.25) is 4.98 Å². The van der Waals surface area contributed by atoms with Crippen LogP contribution < -0.4 is 9.80 Å². The lowest BCUT2D eigenvalue weighted by Crippen LogP contribution is -2.29. The van der Waals surface area contributed by atoms with Gasteiger partial charge >= 0.3 is 0 Å². The molecule has 28 heavy (non-hydrogen) atoms. The molecule has 0 bridgehead atoms. The normalized spacial score (nSPS) is 21.2. The van der Waals surface area contributed by atoms with Crippen molar-refractivity contribution in [3.63, 3.8) is 0 Å². The molecule has 5 rings (SSSR count). The largest absolute Gasteiger partial charge is 0.356 e. The first-order chi connectivity index (χ1) is 13.7. The summed E-state index contributed by atoms with van der Waals surface area (Å²) < 4.78 is 0. The zero-order chi connectivity index (χ0) is 19.1. The first-order valence-electron chi connectivity index (χ1n) is 9.53. The van der Waals surface area contributed by atoms with Crippen LogP contribution in [0.3, 0.4) is 0 Å². The number of fused-ring (bicyclic) bond motifs is 1. The summed E-state index contributed by atoms with van der Waals surface area (Å²) in [5, 5.41) is 0.725. The predicted molar refractivity (Wildman–Crippen MR) is 111 cm³/mol. The molecule has 0 radical (unpaired) electrons. The van der Waals surface area contributed by atoms with Gasteiger partial charge in [0.05, 0.1) is 18.1 Å². The summed E-state index contributed by atoms with van der Waals surface area (Å²) >= 11 is 5.96. The van der Waals surface area contributed by atoms with E-state index in [0.29, 0.717) is 11.8 Å². The average Bonchev–Trinajstić information content (AvgIpc) is 3.28. The quantitative estimate of drug-likeness (QED) is 0.680. The van der Waals surface area contributed by atoms with Gasteiger partial charge in [-0.1, -0.05) is 23.7 Å². The second-order valence-corrected chi connectivity index (χ2v) is 8.00. The van der Waals surface area contributed by atoms with Crippen LogP contribution in [0.2, 0.25) is 5.02 Å². The summed E-state index contributed by atoms with van der Waals surface area (Å²) in [5.74, 6) is 4.09. The Bertz CT molecular complexity index is 961. The number of anilines is 2. The second kappa shape index (κ2) is 7.02. The summed E-state index contributed by atoms with van der Waals surface area (Å²) in [5.41, 5.74) is 1.89. The molecule has 2 aliphatic heterocycles. The van der Waals surface area contributed by atoms with Gasteiger partial charge in [0.15, 0.2) is 0 Å². The van der Waals surface area contributed by atoms with Gasteiger partial charge in [-0.15, -0.1) is 0 Å². The molecule has 142 valence electrons. The molecule has 0 amide bonds. The minimum absolute atomic E-state index is 0.632. The van der Waals surface area contributed by atoms with Crippen molar-refractivity contribution in [2.24, 2.45) is 11.8 Å². The van der Waals surface area contributed by atoms with Gasteiger partial charge in [-0.25, -0.2) is 15.0 Å². The Morgan fingerprint density at radius 1 is 0.821 bits per heavy atom. The lowest BCUT2D eigenvalue weighted by atomic mass is 10.0. The van der Waals surface area contributed by atoms with Crippen molar-refractivity contribution in [3.05, 3.63) is 59.8 Å². The molecule has 0 aliphatic carbocycles. The third-order valence-corrected chi connectivity index (χ3v) is 5.93. The molecule has 4 heterocycles. The number of aryl methyl sites for hydroxylation is 1. The van der Waals surface area contributed by atoms with Gasteiger partial charge in [0, 0.05) is 54.8 Å². The minimum Gasteiger partial charge on any atom is -0.356 e. The van der Waals surface area contributed by atoms with Crippen LogP contribution in [0.25, 0.3) is 11.3 Å². The summed E-state index contributed by atoms with van der Waals surface area (Å²) in [7, 11) is 0. The van der Waals surface area contributed by atoms with Crippen molar-refractivity contribution >= 4 is 23.2 Å². The van der Waals surface area contributed by atoms with Crippen molar-refractivity contribution in [2.45, 2.75) is 6.92 Å². The zero-order valence-electron chi connectivity index (χ0n) is 15.7. The van der Waals surface area contributed by atoms with E-state index >= 15 is 0 Å². The number of halogens is 1. The third-order valence-electron chi connectivity index (χ3n) is 5.67. The Hall–Kier alpha value is -2.73. The molecule has 2 fully saturated rings. The van der Waals surface area contributed by atoms with E-state index in [2.05, 4.69) is 29.7 Å². The van der Waals surface area contributed by atoms with Crippen molar-refractivity contribution in [2.75, 3.05) is 36.0 Å². The summed E-state index contributed by atoms with van der Waals surface area (Å²) in [4.78, 5) is 22.8. The highest BCUT2D eigenvalue weighted by molar-refractivity contribution is 6.30. The second-order valence-electron chi connectivity index (χ2n) is 7.56. The zero-order valence-corrected chi connectivity index (χ0v) is 16.4. The molecule has 2 aliphatic rings. The van der Waals surface area contributed by atoms with E-state index in [4.69, 9.17) is 11.6 Å². The first kappa shape index (κ1) is 17.4. The van der Waals surface area contributed by atoms with Crippen LogP contribution in [0.4, 0.5) is 11.6 Å². The fourth-order valence-corrected chi connectivity index (χ4v) is 4.37. The van der Waals surface area contributed by atoms with Crippen LogP contribution in [-0.4, -0.2) is 46.1 Å². The van der Waals surface area contributed by atoms with E-state index in [9.17, 15) is 0 Å². The Morgan fingerprint density at radius 2 is 1.50 bits per heavy atom. The number of benzene rings is 1. The summed E-state index contributed by atoms with van der Waals surface area (Å²) in [6, 6.07) is 9.69. The molecule has 2 unspecified atom stereocenters. The van der Waals surface area contributed by atoms with E-state index in [0.717, 1.165) is 59.9 Å². The van der Waals surface area contributed by atoms with Crippen LogP contribution in [-0.2, 0) is 0 Å². The van der Waals surface area contributed by atoms with E-state index in [-0.39, 0.29) is 0 Å². The van der Waals surface area contributed by atoms with Crippen molar-refractivity contribution in [3.8, 4) is 11.3 Å². The lowest BCUT2D eigenvalue weighted by molar-refractivity contribution is 0.533. The monoisotopic (exact) mass is 392 g/mol. The van der Waals surface area contributed by atoms with E-state index < -0.39 is 0 Å². The van der Waals surface area contributed by atoms with Crippen LogP contribution in [0.1, 0.15) is 5.82 Å². The van der Waals surface area contributed by atoms with E-state index in [1.165, 1.54) is 0 Å². The van der Waals surface area contributed by atoms with Gasteiger partial charge in [0.1, 0.15) is 17.5 Å². The predicted octanol–water partition coefficient (Wildman–Crippen LogP) is 3.47. The van der Waals surface area contributed by atoms with Gasteiger partial charge in [-0.2, -0.15) is 0 Å². The van der Waals surface area contributed by atoms with Gasteiger partial charge in [-0.05, 0) is 25.1 Å². The number of hydrogen-bond acceptors (Lipinski definition) is 6. The molecule has 7 heteroatoms. The van der Waals surface area contributed by atoms with E-state index in [1.807, 2.05) is 55.8 Å². The maximum Gasteiger partial charge on any atom is 0.147 e.